The standard InChI is InChI=1S/C15H20FN/c16-13-7-5-12(6-8-13)14-10-15(14,17)9-11-3-1-2-4-11/h5-8,11,14H,1-4,9-10,17H2. The first kappa shape index (κ1) is 11.2. The second kappa shape index (κ2) is 4.09. The van der Waals surface area contributed by atoms with Crippen molar-refractivity contribution < 1.29 is 4.39 Å². The largest absolute Gasteiger partial charge is 0.325 e. The molecule has 2 heteroatoms. The van der Waals surface area contributed by atoms with Gasteiger partial charge in [0.15, 0.2) is 0 Å². The van der Waals surface area contributed by atoms with Crippen molar-refractivity contribution in [3.8, 4) is 0 Å². The summed E-state index contributed by atoms with van der Waals surface area (Å²) < 4.78 is 12.9. The maximum Gasteiger partial charge on any atom is 0.123 e. The Morgan fingerprint density at radius 3 is 2.47 bits per heavy atom. The number of rotatable bonds is 3. The Kier molecular flexibility index (Phi) is 2.70. The van der Waals surface area contributed by atoms with Crippen molar-refractivity contribution in [1.29, 1.82) is 0 Å². The third-order valence-electron chi connectivity index (χ3n) is 4.53. The summed E-state index contributed by atoms with van der Waals surface area (Å²) in [5.74, 6) is 1.14. The zero-order valence-corrected chi connectivity index (χ0v) is 10.2. The molecule has 2 atom stereocenters. The number of halogens is 1. The average molecular weight is 233 g/mol. The van der Waals surface area contributed by atoms with E-state index in [9.17, 15) is 4.39 Å². The normalized spacial score (nSPS) is 32.9. The molecule has 0 spiro atoms. The van der Waals surface area contributed by atoms with Crippen LogP contribution < -0.4 is 5.73 Å². The van der Waals surface area contributed by atoms with Crippen molar-refractivity contribution in [2.75, 3.05) is 0 Å². The lowest BCUT2D eigenvalue weighted by Gasteiger charge is -2.16. The lowest BCUT2D eigenvalue weighted by molar-refractivity contribution is 0.424. The number of hydrogen-bond donors (Lipinski definition) is 1. The van der Waals surface area contributed by atoms with Gasteiger partial charge in [0.2, 0.25) is 0 Å². The Balaban J connectivity index is 1.65. The van der Waals surface area contributed by atoms with Gasteiger partial charge in [-0.2, -0.15) is 0 Å². The Bertz CT molecular complexity index is 394. The highest BCUT2D eigenvalue weighted by atomic mass is 19.1. The van der Waals surface area contributed by atoms with Crippen LogP contribution in [0.15, 0.2) is 24.3 Å². The van der Waals surface area contributed by atoms with Crippen LogP contribution in [0.25, 0.3) is 0 Å². The summed E-state index contributed by atoms with van der Waals surface area (Å²) in [6.45, 7) is 0. The molecule has 0 heterocycles. The number of benzene rings is 1. The van der Waals surface area contributed by atoms with E-state index in [0.717, 1.165) is 18.8 Å². The lowest BCUT2D eigenvalue weighted by Crippen LogP contribution is -2.27. The van der Waals surface area contributed by atoms with Gasteiger partial charge in [0, 0.05) is 11.5 Å². The molecule has 3 rings (SSSR count). The molecule has 92 valence electrons. The Morgan fingerprint density at radius 2 is 1.82 bits per heavy atom. The quantitative estimate of drug-likeness (QED) is 0.848. The SMILES string of the molecule is NC1(CC2CCCC2)CC1c1ccc(F)cc1. The van der Waals surface area contributed by atoms with Crippen LogP contribution in [0.1, 0.15) is 50.0 Å². The molecule has 2 fully saturated rings. The van der Waals surface area contributed by atoms with Crippen LogP contribution in [-0.2, 0) is 0 Å². The first-order valence-electron chi connectivity index (χ1n) is 6.72. The van der Waals surface area contributed by atoms with Gasteiger partial charge < -0.3 is 5.73 Å². The molecule has 17 heavy (non-hydrogen) atoms. The minimum absolute atomic E-state index is 0.00678. The summed E-state index contributed by atoms with van der Waals surface area (Å²) in [6, 6.07) is 6.87. The van der Waals surface area contributed by atoms with Crippen LogP contribution in [0.5, 0.6) is 0 Å². The van der Waals surface area contributed by atoms with Gasteiger partial charge in [0.05, 0.1) is 0 Å². The van der Waals surface area contributed by atoms with Crippen molar-refractivity contribution in [3.63, 3.8) is 0 Å². The molecule has 2 N–H and O–H groups in total. The Morgan fingerprint density at radius 1 is 1.18 bits per heavy atom. The highest BCUT2D eigenvalue weighted by Gasteiger charge is 2.52. The fourth-order valence-corrected chi connectivity index (χ4v) is 3.44. The summed E-state index contributed by atoms with van der Waals surface area (Å²) in [6.07, 6.45) is 7.71. The molecular weight excluding hydrogens is 213 g/mol. The smallest absolute Gasteiger partial charge is 0.123 e. The molecule has 1 aromatic rings. The third kappa shape index (κ3) is 2.23. The summed E-state index contributed by atoms with van der Waals surface area (Å²) >= 11 is 0. The summed E-state index contributed by atoms with van der Waals surface area (Å²) in [7, 11) is 0. The first-order chi connectivity index (χ1) is 8.17. The van der Waals surface area contributed by atoms with E-state index in [1.807, 2.05) is 12.1 Å². The van der Waals surface area contributed by atoms with Crippen LogP contribution in [0.2, 0.25) is 0 Å². The monoisotopic (exact) mass is 233 g/mol. The van der Waals surface area contributed by atoms with Gasteiger partial charge in [0.25, 0.3) is 0 Å². The maximum absolute atomic E-state index is 12.9. The second-order valence-electron chi connectivity index (χ2n) is 5.90. The van der Waals surface area contributed by atoms with Crippen molar-refractivity contribution in [1.82, 2.24) is 0 Å². The molecule has 0 aliphatic heterocycles. The molecule has 0 amide bonds. The van der Waals surface area contributed by atoms with Crippen molar-refractivity contribution in [2.24, 2.45) is 11.7 Å². The van der Waals surface area contributed by atoms with E-state index < -0.39 is 0 Å². The van der Waals surface area contributed by atoms with Crippen LogP contribution in [0.3, 0.4) is 0 Å². The molecule has 2 unspecified atom stereocenters. The van der Waals surface area contributed by atoms with E-state index in [-0.39, 0.29) is 11.4 Å². The fourth-order valence-electron chi connectivity index (χ4n) is 3.44. The van der Waals surface area contributed by atoms with Gasteiger partial charge in [-0.15, -0.1) is 0 Å². The second-order valence-corrected chi connectivity index (χ2v) is 5.90. The minimum Gasteiger partial charge on any atom is -0.325 e. The molecule has 0 saturated heterocycles. The predicted molar refractivity (Wildman–Crippen MR) is 67.3 cm³/mol. The van der Waals surface area contributed by atoms with Crippen molar-refractivity contribution >= 4 is 0 Å². The number of nitrogens with two attached hydrogens (primary N) is 1. The highest BCUT2D eigenvalue weighted by Crippen LogP contribution is 2.54. The van der Waals surface area contributed by atoms with Crippen molar-refractivity contribution in [3.05, 3.63) is 35.6 Å². The molecule has 0 radical (unpaired) electrons. The van der Waals surface area contributed by atoms with Gasteiger partial charge >= 0.3 is 0 Å². The average Bonchev–Trinajstić information content (AvgIpc) is 2.74. The van der Waals surface area contributed by atoms with Crippen LogP contribution in [-0.4, -0.2) is 5.54 Å². The predicted octanol–water partition coefficient (Wildman–Crippen LogP) is 3.59. The molecule has 1 aromatic carbocycles. The first-order valence-corrected chi connectivity index (χ1v) is 6.72. The summed E-state index contributed by atoms with van der Waals surface area (Å²) in [5, 5.41) is 0. The molecule has 2 saturated carbocycles. The zero-order chi connectivity index (χ0) is 11.9. The topological polar surface area (TPSA) is 26.0 Å². The Labute approximate surface area is 102 Å². The maximum atomic E-state index is 12.9. The van der Waals surface area contributed by atoms with E-state index in [0.29, 0.717) is 5.92 Å². The molecule has 2 aliphatic carbocycles. The lowest BCUT2D eigenvalue weighted by atomic mass is 9.94. The summed E-state index contributed by atoms with van der Waals surface area (Å²) in [5.41, 5.74) is 7.67. The molecule has 0 bridgehead atoms. The van der Waals surface area contributed by atoms with E-state index in [4.69, 9.17) is 5.73 Å². The van der Waals surface area contributed by atoms with Gasteiger partial charge in [-0.1, -0.05) is 37.8 Å². The van der Waals surface area contributed by atoms with Gasteiger partial charge in [-0.25, -0.2) is 4.39 Å². The van der Waals surface area contributed by atoms with Gasteiger partial charge in [-0.05, 0) is 36.5 Å². The van der Waals surface area contributed by atoms with Gasteiger partial charge in [0.1, 0.15) is 5.82 Å². The fraction of sp³-hybridized carbons (Fsp3) is 0.600. The molecule has 2 aliphatic rings. The van der Waals surface area contributed by atoms with E-state index in [2.05, 4.69) is 0 Å². The molecular formula is C15H20FN. The van der Waals surface area contributed by atoms with E-state index in [1.165, 1.54) is 31.2 Å². The zero-order valence-electron chi connectivity index (χ0n) is 10.2. The van der Waals surface area contributed by atoms with E-state index >= 15 is 0 Å². The number of hydrogen-bond acceptors (Lipinski definition) is 1. The van der Waals surface area contributed by atoms with Crippen LogP contribution in [0.4, 0.5) is 4.39 Å². The molecule has 1 nitrogen and oxygen atoms in total. The highest BCUT2D eigenvalue weighted by molar-refractivity contribution is 5.33. The van der Waals surface area contributed by atoms with E-state index in [1.54, 1.807) is 12.1 Å². The van der Waals surface area contributed by atoms with Crippen LogP contribution in [0, 0.1) is 11.7 Å². The summed E-state index contributed by atoms with van der Waals surface area (Å²) in [4.78, 5) is 0. The minimum atomic E-state index is -0.159. The third-order valence-corrected chi connectivity index (χ3v) is 4.53. The molecule has 0 aromatic heterocycles. The van der Waals surface area contributed by atoms with Crippen LogP contribution >= 0.6 is 0 Å². The van der Waals surface area contributed by atoms with Gasteiger partial charge in [-0.3, -0.25) is 0 Å². The Hall–Kier alpha value is -0.890. The van der Waals surface area contributed by atoms with Crippen molar-refractivity contribution in [2.45, 2.75) is 50.0 Å².